The number of rotatable bonds is 6. The van der Waals surface area contributed by atoms with Gasteiger partial charge in [-0.1, -0.05) is 172 Å². The molecule has 70 heavy (non-hydrogen) atoms. The Labute approximate surface area is 426 Å². The Morgan fingerprint density at radius 2 is 1.33 bits per heavy atom. The standard InChI is InChI=1S/C49H45N2O.C15H15FN.Ir/c1-29(2)38-27-32(31-17-10-9-11-18-31)28-39(30(3)4)44(38)51-42-24-15-14-23-41(42)50-47(51)37-21-16-20-35-36-26-25-34-33-19-12-13-22-40(33)48(5,6)49(7,8)43(34)46(36)52-45(35)37;1-15(2,3)12-8-9-17-14(10-12)11-4-6-13(16)7-5-11;/h9-20,22-30H,1-8H3;4,6-10H,1-3H3;/q2*-1;. The Morgan fingerprint density at radius 1 is 0.657 bits per heavy atom. The van der Waals surface area contributed by atoms with E-state index in [0.29, 0.717) is 0 Å². The summed E-state index contributed by atoms with van der Waals surface area (Å²) >= 11 is 0. The molecule has 7 aromatic carbocycles. The van der Waals surface area contributed by atoms with Crippen LogP contribution in [0.15, 0.2) is 156 Å². The molecule has 1 aliphatic carbocycles. The number of halogens is 1. The van der Waals surface area contributed by atoms with Crippen LogP contribution in [0.25, 0.3) is 83.6 Å². The van der Waals surface area contributed by atoms with Crippen LogP contribution in [0.2, 0.25) is 0 Å². The zero-order valence-corrected chi connectivity index (χ0v) is 44.4. The minimum Gasteiger partial charge on any atom is -0.500 e. The summed E-state index contributed by atoms with van der Waals surface area (Å²) in [5.41, 5.74) is 18.8. The van der Waals surface area contributed by atoms with Gasteiger partial charge in [0.25, 0.3) is 0 Å². The Bertz CT molecular complexity index is 3520. The maximum absolute atomic E-state index is 12.8. The molecule has 0 aliphatic heterocycles. The number of hydrogen-bond acceptors (Lipinski definition) is 3. The quantitative estimate of drug-likeness (QED) is 0.156. The van der Waals surface area contributed by atoms with Gasteiger partial charge in [-0.25, -0.2) is 0 Å². The Balaban J connectivity index is 0.000000286. The van der Waals surface area contributed by atoms with Gasteiger partial charge in [0.15, 0.2) is 0 Å². The van der Waals surface area contributed by atoms with Gasteiger partial charge in [-0.05, 0) is 103 Å². The first kappa shape index (κ1) is 48.6. The summed E-state index contributed by atoms with van der Waals surface area (Å²) < 4.78 is 22.4. The van der Waals surface area contributed by atoms with Crippen molar-refractivity contribution in [2.75, 3.05) is 0 Å². The normalized spacial score (nSPS) is 13.8. The number of furan rings is 1. The third-order valence-corrected chi connectivity index (χ3v) is 14.9. The Hall–Kier alpha value is -6.46. The molecule has 0 bridgehead atoms. The van der Waals surface area contributed by atoms with Crippen LogP contribution in [-0.4, -0.2) is 14.5 Å². The zero-order chi connectivity index (χ0) is 48.6. The van der Waals surface area contributed by atoms with E-state index in [1.807, 2.05) is 18.2 Å². The van der Waals surface area contributed by atoms with E-state index in [2.05, 4.69) is 207 Å². The summed E-state index contributed by atoms with van der Waals surface area (Å²) in [6.07, 6.45) is 1.78. The van der Waals surface area contributed by atoms with Crippen molar-refractivity contribution in [3.63, 3.8) is 0 Å². The van der Waals surface area contributed by atoms with E-state index in [4.69, 9.17) is 9.40 Å². The van der Waals surface area contributed by atoms with Gasteiger partial charge < -0.3 is 14.0 Å². The molecule has 0 N–H and O–H groups in total. The third-order valence-electron chi connectivity index (χ3n) is 14.9. The molecule has 4 nitrogen and oxygen atoms in total. The first-order valence-electron chi connectivity index (χ1n) is 24.3. The topological polar surface area (TPSA) is 43.9 Å². The van der Waals surface area contributed by atoms with Crippen LogP contribution >= 0.6 is 0 Å². The van der Waals surface area contributed by atoms with E-state index in [1.165, 1.54) is 67.9 Å². The van der Waals surface area contributed by atoms with Crippen LogP contribution in [0.4, 0.5) is 4.39 Å². The molecule has 0 unspecified atom stereocenters. The van der Waals surface area contributed by atoms with Crippen LogP contribution in [-0.2, 0) is 36.4 Å². The predicted molar refractivity (Wildman–Crippen MR) is 285 cm³/mol. The summed E-state index contributed by atoms with van der Waals surface area (Å²) in [6.45, 7) is 25.2. The Morgan fingerprint density at radius 3 is 2.01 bits per heavy atom. The molecule has 1 aliphatic rings. The molecule has 355 valence electrons. The average molecular weight is 1100 g/mol. The van der Waals surface area contributed by atoms with E-state index in [0.717, 1.165) is 55.6 Å². The molecule has 0 fully saturated rings. The van der Waals surface area contributed by atoms with Crippen molar-refractivity contribution in [3.05, 3.63) is 198 Å². The van der Waals surface area contributed by atoms with E-state index >= 15 is 0 Å². The van der Waals surface area contributed by atoms with Crippen LogP contribution < -0.4 is 0 Å². The van der Waals surface area contributed by atoms with Crippen molar-refractivity contribution in [2.45, 2.75) is 104 Å². The number of nitrogens with zero attached hydrogens (tertiary/aromatic N) is 3. The number of pyridine rings is 1. The number of hydrogen-bond donors (Lipinski definition) is 0. The third kappa shape index (κ3) is 8.23. The van der Waals surface area contributed by atoms with Gasteiger partial charge in [-0.15, -0.1) is 48.0 Å². The van der Waals surface area contributed by atoms with Crippen LogP contribution in [0.5, 0.6) is 0 Å². The largest absolute Gasteiger partial charge is 0.500 e. The molecule has 11 rings (SSSR count). The smallest absolute Gasteiger partial charge is 0.125 e. The van der Waals surface area contributed by atoms with Crippen molar-refractivity contribution in [2.24, 2.45) is 0 Å². The monoisotopic (exact) mass is 1100 g/mol. The first-order chi connectivity index (χ1) is 33.0. The van der Waals surface area contributed by atoms with Gasteiger partial charge >= 0.3 is 0 Å². The number of aromatic nitrogens is 3. The number of imidazole rings is 1. The molecule has 0 atom stereocenters. The van der Waals surface area contributed by atoms with E-state index in [1.54, 1.807) is 12.3 Å². The van der Waals surface area contributed by atoms with E-state index < -0.39 is 0 Å². The van der Waals surface area contributed by atoms with Gasteiger partial charge in [0.1, 0.15) is 5.58 Å². The predicted octanol–water partition coefficient (Wildman–Crippen LogP) is 17.5. The summed E-state index contributed by atoms with van der Waals surface area (Å²) in [6, 6.07) is 56.7. The van der Waals surface area contributed by atoms with Crippen molar-refractivity contribution >= 4 is 33.0 Å². The summed E-state index contributed by atoms with van der Waals surface area (Å²) in [5.74, 6) is 1.12. The molecule has 10 aromatic rings. The van der Waals surface area contributed by atoms with Crippen LogP contribution in [0, 0.1) is 17.9 Å². The van der Waals surface area contributed by atoms with Gasteiger partial charge in [0.05, 0.1) is 22.4 Å². The minimum atomic E-state index is -0.277. The van der Waals surface area contributed by atoms with Crippen LogP contribution in [0.3, 0.4) is 0 Å². The summed E-state index contributed by atoms with van der Waals surface area (Å²) in [7, 11) is 0. The van der Waals surface area contributed by atoms with Crippen molar-refractivity contribution in [1.29, 1.82) is 0 Å². The SMILES string of the molecule is CC(C)(C)c1ccnc(-c2[c-]cc(F)cc2)c1.CC(C)c1cc(-c2ccccc2)cc(C(C)C)c1-n1c(-c2[c-]ccc3c2oc2c4c(ccc23)-c2ccccc2C(C)(C)C4(C)C)nc2ccccc21.[Ir]. The fraction of sp³-hybridized carbons (Fsp3) is 0.250. The molecule has 0 spiro atoms. The maximum Gasteiger partial charge on any atom is 0.125 e. The molecule has 0 amide bonds. The number of fused-ring (bicyclic) bond motifs is 8. The second kappa shape index (κ2) is 18.4. The first-order valence-corrected chi connectivity index (χ1v) is 24.3. The fourth-order valence-corrected chi connectivity index (χ4v) is 10.4. The van der Waals surface area contributed by atoms with Gasteiger partial charge in [0, 0.05) is 54.2 Å². The minimum absolute atomic E-state index is 0. The Kier molecular flexibility index (Phi) is 12.7. The second-order valence-electron chi connectivity index (χ2n) is 21.4. The van der Waals surface area contributed by atoms with Gasteiger partial charge in [-0.3, -0.25) is 9.37 Å². The molecule has 0 saturated heterocycles. The summed E-state index contributed by atoms with van der Waals surface area (Å²) in [4.78, 5) is 9.70. The fourth-order valence-electron chi connectivity index (χ4n) is 10.4. The number of benzene rings is 7. The summed E-state index contributed by atoms with van der Waals surface area (Å²) in [5, 5.41) is 2.22. The molecule has 6 heteroatoms. The van der Waals surface area contributed by atoms with Gasteiger partial charge in [-0.2, -0.15) is 0 Å². The van der Waals surface area contributed by atoms with Gasteiger partial charge in [0.2, 0.25) is 0 Å². The van der Waals surface area contributed by atoms with E-state index in [-0.39, 0.29) is 54.0 Å². The maximum atomic E-state index is 12.8. The van der Waals surface area contributed by atoms with Crippen molar-refractivity contribution in [3.8, 4) is 50.6 Å². The molecule has 0 saturated carbocycles. The molecular weight excluding hydrogens is 1040 g/mol. The average Bonchev–Trinajstić information content (AvgIpc) is 3.92. The van der Waals surface area contributed by atoms with Crippen molar-refractivity contribution in [1.82, 2.24) is 14.5 Å². The number of para-hydroxylation sites is 2. The van der Waals surface area contributed by atoms with Crippen molar-refractivity contribution < 1.29 is 28.9 Å². The van der Waals surface area contributed by atoms with E-state index in [9.17, 15) is 4.39 Å². The van der Waals surface area contributed by atoms with Crippen LogP contribution in [0.1, 0.15) is 116 Å². The zero-order valence-electron chi connectivity index (χ0n) is 42.0. The molecular formula is C64H60FIrN3O-2. The molecule has 3 aromatic heterocycles. The second-order valence-corrected chi connectivity index (χ2v) is 21.4. The molecule has 1 radical (unpaired) electrons. The molecule has 3 heterocycles.